The van der Waals surface area contributed by atoms with Gasteiger partial charge in [-0.1, -0.05) is 0 Å². The molecule has 0 aliphatic carbocycles. The first kappa shape index (κ1) is 15.1. The van der Waals surface area contributed by atoms with Gasteiger partial charge in [-0.2, -0.15) is 5.10 Å². The van der Waals surface area contributed by atoms with Crippen molar-refractivity contribution in [2.24, 2.45) is 0 Å². The summed E-state index contributed by atoms with van der Waals surface area (Å²) in [5.41, 5.74) is 1.14. The second-order valence-corrected chi connectivity index (χ2v) is 7.07. The average Bonchev–Trinajstić information content (AvgIpc) is 3.35. The normalized spacial score (nSPS) is 17.5. The molecule has 1 aliphatic rings. The van der Waals surface area contributed by atoms with E-state index in [0.29, 0.717) is 10.6 Å². The highest BCUT2D eigenvalue weighted by atomic mass is 32.1. The molecule has 1 saturated heterocycles. The van der Waals surface area contributed by atoms with Gasteiger partial charge in [-0.25, -0.2) is 4.98 Å². The molecule has 0 bridgehead atoms. The number of hydrogen-bond donors (Lipinski definition) is 0. The van der Waals surface area contributed by atoms with Crippen LogP contribution < -0.4 is 0 Å². The quantitative estimate of drug-likeness (QED) is 0.730. The van der Waals surface area contributed by atoms with E-state index in [1.807, 2.05) is 41.0 Å². The minimum Gasteiger partial charge on any atom is -0.462 e. The summed E-state index contributed by atoms with van der Waals surface area (Å²) in [6.45, 7) is 3.55. The fourth-order valence-corrected chi connectivity index (χ4v) is 3.94. The molecule has 1 aliphatic heterocycles. The molecule has 7 heteroatoms. The first-order chi connectivity index (χ1) is 11.7. The number of likely N-dealkylation sites (tertiary alicyclic amines) is 1. The predicted octanol–water partition coefficient (Wildman–Crippen LogP) is 3.21. The van der Waals surface area contributed by atoms with Crippen LogP contribution in [0.4, 0.5) is 0 Å². The van der Waals surface area contributed by atoms with Gasteiger partial charge < -0.3 is 9.32 Å². The van der Waals surface area contributed by atoms with Crippen LogP contribution in [-0.4, -0.2) is 38.2 Å². The maximum absolute atomic E-state index is 12.9. The van der Waals surface area contributed by atoms with E-state index >= 15 is 0 Å². The Bertz CT molecular complexity index is 837. The van der Waals surface area contributed by atoms with E-state index in [0.717, 1.165) is 36.5 Å². The van der Waals surface area contributed by atoms with Gasteiger partial charge in [-0.15, -0.1) is 11.3 Å². The minimum absolute atomic E-state index is 0.0525. The largest absolute Gasteiger partial charge is 0.462 e. The molecule has 1 atom stereocenters. The molecule has 0 N–H and O–H groups in total. The minimum atomic E-state index is 0.0525. The van der Waals surface area contributed by atoms with Crippen LogP contribution >= 0.6 is 11.3 Å². The molecule has 0 unspecified atom stereocenters. The third-order valence-electron chi connectivity index (χ3n) is 4.25. The summed E-state index contributed by atoms with van der Waals surface area (Å²) in [7, 11) is 0. The van der Waals surface area contributed by atoms with E-state index in [1.54, 1.807) is 12.5 Å². The summed E-state index contributed by atoms with van der Waals surface area (Å²) >= 11 is 1.38. The lowest BCUT2D eigenvalue weighted by Crippen LogP contribution is -2.37. The molecule has 4 heterocycles. The molecule has 1 amide bonds. The molecule has 3 aromatic rings. The second-order valence-electron chi connectivity index (χ2n) is 6.04. The van der Waals surface area contributed by atoms with Gasteiger partial charge in [0.15, 0.2) is 10.8 Å². The molecular formula is C17H18N4O2S. The van der Waals surface area contributed by atoms with E-state index in [9.17, 15) is 4.79 Å². The Balaban J connectivity index is 1.50. The lowest BCUT2D eigenvalue weighted by atomic mass is 10.2. The lowest BCUT2D eigenvalue weighted by molar-refractivity contribution is 0.0726. The maximum Gasteiger partial charge on any atom is 0.265 e. The highest BCUT2D eigenvalue weighted by Crippen LogP contribution is 2.28. The van der Waals surface area contributed by atoms with Crippen molar-refractivity contribution in [2.75, 3.05) is 6.54 Å². The summed E-state index contributed by atoms with van der Waals surface area (Å²) in [6.07, 6.45) is 9.16. The molecule has 0 spiro atoms. The average molecular weight is 342 g/mol. The Hall–Kier alpha value is -2.41. The molecule has 3 aromatic heterocycles. The number of thiazole rings is 1. The van der Waals surface area contributed by atoms with Gasteiger partial charge in [0.05, 0.1) is 31.2 Å². The number of furan rings is 1. The van der Waals surface area contributed by atoms with E-state index in [2.05, 4.69) is 10.1 Å². The first-order valence-corrected chi connectivity index (χ1v) is 8.82. The van der Waals surface area contributed by atoms with Crippen LogP contribution in [0.3, 0.4) is 0 Å². The number of aryl methyl sites for hydroxylation is 1. The van der Waals surface area contributed by atoms with Crippen molar-refractivity contribution in [1.82, 2.24) is 19.7 Å². The molecule has 1 fully saturated rings. The van der Waals surface area contributed by atoms with Gasteiger partial charge in [-0.3, -0.25) is 9.48 Å². The van der Waals surface area contributed by atoms with E-state index in [4.69, 9.17) is 4.42 Å². The van der Waals surface area contributed by atoms with Crippen LogP contribution in [0.15, 0.2) is 41.4 Å². The number of carbonyl (C=O) groups is 1. The Morgan fingerprint density at radius 1 is 1.46 bits per heavy atom. The number of nitrogens with zero attached hydrogens (tertiary/aromatic N) is 4. The molecular weight excluding hydrogens is 324 g/mol. The Labute approximate surface area is 143 Å². The smallest absolute Gasteiger partial charge is 0.265 e. The van der Waals surface area contributed by atoms with Crippen LogP contribution in [0.2, 0.25) is 0 Å². The highest BCUT2D eigenvalue weighted by Gasteiger charge is 2.31. The zero-order valence-corrected chi connectivity index (χ0v) is 14.2. The SMILES string of the molecule is Cc1cnn(C[C@H]2CCCN2C(=O)c2cnc(-c3ccco3)s2)c1. The van der Waals surface area contributed by atoms with Crippen molar-refractivity contribution in [2.45, 2.75) is 32.4 Å². The summed E-state index contributed by atoms with van der Waals surface area (Å²) < 4.78 is 7.28. The predicted molar refractivity (Wildman–Crippen MR) is 90.8 cm³/mol. The Morgan fingerprint density at radius 2 is 2.38 bits per heavy atom. The summed E-state index contributed by atoms with van der Waals surface area (Å²) in [4.78, 5) is 19.8. The first-order valence-electron chi connectivity index (χ1n) is 8.00. The standard InChI is InChI=1S/C17H18N4O2S/c1-12-8-19-20(10-12)11-13-4-2-6-21(13)17(22)15-9-18-16(24-15)14-5-3-7-23-14/h3,5,7-10,13H,2,4,6,11H2,1H3/t13-/m1/s1. The Morgan fingerprint density at radius 3 is 3.12 bits per heavy atom. The van der Waals surface area contributed by atoms with Gasteiger partial charge in [0.2, 0.25) is 0 Å². The molecule has 0 aromatic carbocycles. The fourth-order valence-electron chi connectivity index (χ4n) is 3.10. The van der Waals surface area contributed by atoms with Crippen LogP contribution in [0.25, 0.3) is 10.8 Å². The topological polar surface area (TPSA) is 64.2 Å². The van der Waals surface area contributed by atoms with Crippen LogP contribution in [-0.2, 0) is 6.54 Å². The molecule has 124 valence electrons. The summed E-state index contributed by atoms with van der Waals surface area (Å²) in [6, 6.07) is 3.86. The lowest BCUT2D eigenvalue weighted by Gasteiger charge is -2.24. The van der Waals surface area contributed by atoms with Gasteiger partial charge in [0, 0.05) is 12.7 Å². The van der Waals surface area contributed by atoms with Crippen LogP contribution in [0.5, 0.6) is 0 Å². The van der Waals surface area contributed by atoms with Gasteiger partial charge in [0.25, 0.3) is 5.91 Å². The van der Waals surface area contributed by atoms with Gasteiger partial charge in [-0.05, 0) is 37.5 Å². The van der Waals surface area contributed by atoms with Crippen molar-refractivity contribution in [3.63, 3.8) is 0 Å². The maximum atomic E-state index is 12.9. The molecule has 0 radical (unpaired) electrons. The summed E-state index contributed by atoms with van der Waals surface area (Å²) in [5.74, 6) is 0.751. The summed E-state index contributed by atoms with van der Waals surface area (Å²) in [5, 5.41) is 5.08. The van der Waals surface area contributed by atoms with E-state index < -0.39 is 0 Å². The van der Waals surface area contributed by atoms with Crippen molar-refractivity contribution in [3.05, 3.63) is 47.4 Å². The van der Waals surface area contributed by atoms with E-state index in [1.165, 1.54) is 11.3 Å². The third-order valence-corrected chi connectivity index (χ3v) is 5.25. The van der Waals surface area contributed by atoms with Crippen LogP contribution in [0.1, 0.15) is 28.1 Å². The number of hydrogen-bond acceptors (Lipinski definition) is 5. The number of rotatable bonds is 4. The number of carbonyl (C=O) groups excluding carboxylic acids is 1. The van der Waals surface area contributed by atoms with Crippen molar-refractivity contribution >= 4 is 17.2 Å². The third kappa shape index (κ3) is 2.87. The van der Waals surface area contributed by atoms with Gasteiger partial charge >= 0.3 is 0 Å². The number of amides is 1. The number of aromatic nitrogens is 3. The molecule has 0 saturated carbocycles. The Kier molecular flexibility index (Phi) is 3.93. The zero-order valence-electron chi connectivity index (χ0n) is 13.4. The van der Waals surface area contributed by atoms with Crippen molar-refractivity contribution < 1.29 is 9.21 Å². The van der Waals surface area contributed by atoms with Crippen molar-refractivity contribution in [3.8, 4) is 10.8 Å². The van der Waals surface area contributed by atoms with E-state index in [-0.39, 0.29) is 11.9 Å². The van der Waals surface area contributed by atoms with Crippen molar-refractivity contribution in [1.29, 1.82) is 0 Å². The molecule has 4 rings (SSSR count). The second kappa shape index (κ2) is 6.24. The van der Waals surface area contributed by atoms with Crippen LogP contribution in [0, 0.1) is 6.92 Å². The molecule has 6 nitrogen and oxygen atoms in total. The fraction of sp³-hybridized carbons (Fsp3) is 0.353. The highest BCUT2D eigenvalue weighted by molar-refractivity contribution is 7.16. The molecule has 24 heavy (non-hydrogen) atoms. The van der Waals surface area contributed by atoms with Gasteiger partial charge in [0.1, 0.15) is 4.88 Å². The zero-order chi connectivity index (χ0) is 16.5. The monoisotopic (exact) mass is 342 g/mol.